The van der Waals surface area contributed by atoms with Gasteiger partial charge in [0.1, 0.15) is 4.88 Å². The third kappa shape index (κ3) is 3.80. The first-order valence-electron chi connectivity index (χ1n) is 8.83. The molecule has 0 saturated carbocycles. The molecule has 0 radical (unpaired) electrons. The maximum atomic E-state index is 12.8. The molecule has 0 unspecified atom stereocenters. The van der Waals surface area contributed by atoms with Gasteiger partial charge in [-0.15, -0.1) is 11.3 Å². The number of benzene rings is 3. The maximum absolute atomic E-state index is 12.8. The monoisotopic (exact) mass is 423 g/mol. The fourth-order valence-electron chi connectivity index (χ4n) is 3.27. The summed E-state index contributed by atoms with van der Waals surface area (Å²) in [6.07, 6.45) is 0. The lowest BCUT2D eigenvalue weighted by atomic mass is 10.0. The van der Waals surface area contributed by atoms with Crippen LogP contribution in [-0.4, -0.2) is 19.5 Å². The van der Waals surface area contributed by atoms with Gasteiger partial charge >= 0.3 is 0 Å². The Morgan fingerprint density at radius 2 is 1.59 bits per heavy atom. The third-order valence-corrected chi connectivity index (χ3v) is 7.45. The summed E-state index contributed by atoms with van der Waals surface area (Å²) in [4.78, 5) is 12.9. The number of rotatable bonds is 5. The van der Waals surface area contributed by atoms with Crippen molar-refractivity contribution in [3.05, 3.63) is 89.3 Å². The van der Waals surface area contributed by atoms with Crippen LogP contribution in [0.15, 0.2) is 83.8 Å². The molecule has 0 aliphatic carbocycles. The lowest BCUT2D eigenvalue weighted by Gasteiger charge is -2.07. The number of hydrogen-bond acceptors (Lipinski definition) is 5. The quantitative estimate of drug-likeness (QED) is 0.361. The normalized spacial score (nSPS) is 11.5. The average molecular weight is 424 g/mol. The van der Waals surface area contributed by atoms with Crippen molar-refractivity contribution in [1.29, 1.82) is 0 Å². The highest BCUT2D eigenvalue weighted by molar-refractivity contribution is 7.90. The minimum Gasteiger partial charge on any atom is -0.288 e. The molecule has 1 amide bonds. The van der Waals surface area contributed by atoms with Gasteiger partial charge in [-0.2, -0.15) is 0 Å². The van der Waals surface area contributed by atoms with Gasteiger partial charge in [-0.05, 0) is 35.4 Å². The SMILES string of the molecule is O=C(NO)c1sc2ccc(CS(=O)(=O)c3ccccc3)cc2c1-c1ccccc1. The van der Waals surface area contributed by atoms with Crippen LogP contribution >= 0.6 is 11.3 Å². The second kappa shape index (κ2) is 7.79. The van der Waals surface area contributed by atoms with Crippen LogP contribution in [-0.2, 0) is 15.6 Å². The molecular formula is C22H17NO4S2. The van der Waals surface area contributed by atoms with Gasteiger partial charge in [-0.1, -0.05) is 54.6 Å². The van der Waals surface area contributed by atoms with Gasteiger partial charge in [0.2, 0.25) is 0 Å². The largest absolute Gasteiger partial charge is 0.288 e. The number of fused-ring (bicyclic) bond motifs is 1. The number of amides is 1. The van der Waals surface area contributed by atoms with Crippen molar-refractivity contribution in [2.75, 3.05) is 0 Å². The van der Waals surface area contributed by atoms with E-state index in [4.69, 9.17) is 5.21 Å². The zero-order valence-corrected chi connectivity index (χ0v) is 16.8. The highest BCUT2D eigenvalue weighted by Gasteiger charge is 2.21. The smallest absolute Gasteiger partial charge is 0.285 e. The van der Waals surface area contributed by atoms with Crippen molar-refractivity contribution in [1.82, 2.24) is 5.48 Å². The molecule has 0 fully saturated rings. The number of hydrogen-bond donors (Lipinski definition) is 2. The highest BCUT2D eigenvalue weighted by Crippen LogP contribution is 2.39. The van der Waals surface area contributed by atoms with E-state index in [0.29, 0.717) is 16.0 Å². The molecular weight excluding hydrogens is 406 g/mol. The second-order valence-corrected chi connectivity index (χ2v) is 9.56. The molecule has 7 heteroatoms. The zero-order chi connectivity index (χ0) is 20.4. The van der Waals surface area contributed by atoms with Crippen LogP contribution in [0.5, 0.6) is 0 Å². The maximum Gasteiger partial charge on any atom is 0.285 e. The van der Waals surface area contributed by atoms with E-state index in [1.54, 1.807) is 41.9 Å². The third-order valence-electron chi connectivity index (χ3n) is 4.58. The van der Waals surface area contributed by atoms with Gasteiger partial charge in [0.15, 0.2) is 9.84 Å². The van der Waals surface area contributed by atoms with E-state index in [9.17, 15) is 13.2 Å². The summed E-state index contributed by atoms with van der Waals surface area (Å²) in [7, 11) is -3.49. The second-order valence-electron chi connectivity index (χ2n) is 6.52. The lowest BCUT2D eigenvalue weighted by Crippen LogP contribution is -2.17. The van der Waals surface area contributed by atoms with Crippen molar-refractivity contribution in [2.24, 2.45) is 0 Å². The molecule has 5 nitrogen and oxygen atoms in total. The fourth-order valence-corrected chi connectivity index (χ4v) is 5.72. The molecule has 0 bridgehead atoms. The molecule has 146 valence electrons. The van der Waals surface area contributed by atoms with Gasteiger partial charge in [0.25, 0.3) is 5.91 Å². The summed E-state index contributed by atoms with van der Waals surface area (Å²) in [6.45, 7) is 0. The highest BCUT2D eigenvalue weighted by atomic mass is 32.2. The summed E-state index contributed by atoms with van der Waals surface area (Å²) in [5.41, 5.74) is 3.83. The topological polar surface area (TPSA) is 83.5 Å². The molecule has 1 heterocycles. The Morgan fingerprint density at radius 1 is 0.931 bits per heavy atom. The molecule has 0 atom stereocenters. The van der Waals surface area contributed by atoms with E-state index >= 15 is 0 Å². The Balaban J connectivity index is 1.84. The number of thiophene rings is 1. The number of hydroxylamine groups is 1. The molecule has 2 N–H and O–H groups in total. The molecule has 0 saturated heterocycles. The van der Waals surface area contributed by atoms with Crippen molar-refractivity contribution in [3.63, 3.8) is 0 Å². The number of carbonyl (C=O) groups excluding carboxylic acids is 1. The van der Waals surface area contributed by atoms with Gasteiger partial charge in [0, 0.05) is 15.6 Å². The number of sulfone groups is 1. The van der Waals surface area contributed by atoms with Crippen LogP contribution in [0.1, 0.15) is 15.2 Å². The van der Waals surface area contributed by atoms with Crippen LogP contribution in [0.25, 0.3) is 21.2 Å². The van der Waals surface area contributed by atoms with Gasteiger partial charge in [0.05, 0.1) is 10.6 Å². The molecule has 29 heavy (non-hydrogen) atoms. The summed E-state index contributed by atoms with van der Waals surface area (Å²) in [5.74, 6) is -0.734. The molecule has 1 aromatic heterocycles. The summed E-state index contributed by atoms with van der Waals surface area (Å²) >= 11 is 1.25. The molecule has 4 rings (SSSR count). The van der Waals surface area contributed by atoms with Crippen LogP contribution in [0.3, 0.4) is 0 Å². The Labute approximate surface area is 172 Å². The Kier molecular flexibility index (Phi) is 5.19. The average Bonchev–Trinajstić information content (AvgIpc) is 3.13. The standard InChI is InChI=1S/C22H17NO4S2/c24-22(23-25)21-20(16-7-3-1-4-8-16)18-13-15(11-12-19(18)28-21)14-29(26,27)17-9-5-2-6-10-17/h1-13,25H,14H2,(H,23,24). The Bertz CT molecular complexity index is 1280. The minimum atomic E-state index is -3.49. The zero-order valence-electron chi connectivity index (χ0n) is 15.2. The molecule has 4 aromatic rings. The molecule has 0 aliphatic heterocycles. The minimum absolute atomic E-state index is 0.140. The van der Waals surface area contributed by atoms with Crippen LogP contribution in [0.2, 0.25) is 0 Å². The summed E-state index contributed by atoms with van der Waals surface area (Å²) < 4.78 is 26.4. The number of nitrogens with one attached hydrogen (secondary N) is 1. The predicted octanol–water partition coefficient (Wildman–Crippen LogP) is 4.66. The molecule has 0 aliphatic rings. The van der Waals surface area contributed by atoms with Gasteiger partial charge in [-0.3, -0.25) is 10.0 Å². The fraction of sp³-hybridized carbons (Fsp3) is 0.0455. The summed E-state index contributed by atoms with van der Waals surface area (Å²) in [6, 6.07) is 23.1. The Morgan fingerprint density at radius 3 is 2.24 bits per heavy atom. The van der Waals surface area contributed by atoms with Crippen LogP contribution < -0.4 is 5.48 Å². The van der Waals surface area contributed by atoms with E-state index in [0.717, 1.165) is 15.6 Å². The van der Waals surface area contributed by atoms with Gasteiger partial charge < -0.3 is 0 Å². The first kappa shape index (κ1) is 19.3. The van der Waals surface area contributed by atoms with Crippen molar-refractivity contribution >= 4 is 37.2 Å². The molecule has 0 spiro atoms. The van der Waals surface area contributed by atoms with E-state index in [-0.39, 0.29) is 10.6 Å². The van der Waals surface area contributed by atoms with E-state index in [1.807, 2.05) is 42.5 Å². The first-order valence-corrected chi connectivity index (χ1v) is 11.3. The number of carbonyl (C=O) groups is 1. The van der Waals surface area contributed by atoms with E-state index < -0.39 is 15.7 Å². The lowest BCUT2D eigenvalue weighted by molar-refractivity contribution is 0.0711. The van der Waals surface area contributed by atoms with Crippen molar-refractivity contribution in [3.8, 4) is 11.1 Å². The summed E-state index contributed by atoms with van der Waals surface area (Å²) in [5, 5.41) is 9.92. The van der Waals surface area contributed by atoms with E-state index in [2.05, 4.69) is 0 Å². The van der Waals surface area contributed by atoms with Crippen LogP contribution in [0.4, 0.5) is 0 Å². The van der Waals surface area contributed by atoms with E-state index in [1.165, 1.54) is 11.3 Å². The predicted molar refractivity (Wildman–Crippen MR) is 114 cm³/mol. The molecule has 3 aromatic carbocycles. The van der Waals surface area contributed by atoms with Crippen molar-refractivity contribution in [2.45, 2.75) is 10.6 Å². The Hall–Kier alpha value is -3.00. The first-order chi connectivity index (χ1) is 14.0. The van der Waals surface area contributed by atoms with Gasteiger partial charge in [-0.25, -0.2) is 13.9 Å². The van der Waals surface area contributed by atoms with Crippen molar-refractivity contribution < 1.29 is 18.4 Å². The van der Waals surface area contributed by atoms with Crippen LogP contribution in [0, 0.1) is 0 Å².